The molecule has 0 radical (unpaired) electrons. The fourth-order valence-corrected chi connectivity index (χ4v) is 1.63. The summed E-state index contributed by atoms with van der Waals surface area (Å²) in [4.78, 5) is 10.6. The Labute approximate surface area is 119 Å². The van der Waals surface area contributed by atoms with Gasteiger partial charge in [0.15, 0.2) is 12.5 Å². The highest BCUT2D eigenvalue weighted by atomic mass is 16.7. The Morgan fingerprint density at radius 2 is 2.15 bits per heavy atom. The third-order valence-corrected chi connectivity index (χ3v) is 2.60. The van der Waals surface area contributed by atoms with E-state index in [2.05, 4.69) is 19.2 Å². The van der Waals surface area contributed by atoms with E-state index in [9.17, 15) is 10.1 Å². The van der Waals surface area contributed by atoms with Gasteiger partial charge in [0.05, 0.1) is 4.92 Å². The number of hydrogen-bond acceptors (Lipinski definition) is 5. The van der Waals surface area contributed by atoms with Gasteiger partial charge in [0.25, 0.3) is 0 Å². The van der Waals surface area contributed by atoms with Crippen LogP contribution in [0.5, 0.6) is 5.75 Å². The van der Waals surface area contributed by atoms with Crippen molar-refractivity contribution in [3.63, 3.8) is 0 Å². The summed E-state index contributed by atoms with van der Waals surface area (Å²) in [7, 11) is 0. The first-order chi connectivity index (χ1) is 9.54. The van der Waals surface area contributed by atoms with Crippen molar-refractivity contribution in [1.29, 1.82) is 0 Å². The molecule has 0 aliphatic heterocycles. The molecule has 1 aromatic carbocycles. The van der Waals surface area contributed by atoms with E-state index in [0.29, 0.717) is 19.1 Å². The number of nitrogens with one attached hydrogen (secondary N) is 1. The maximum atomic E-state index is 11.1. The number of benzene rings is 1. The van der Waals surface area contributed by atoms with E-state index >= 15 is 0 Å². The molecule has 0 aliphatic rings. The lowest BCUT2D eigenvalue weighted by Crippen LogP contribution is -2.19. The summed E-state index contributed by atoms with van der Waals surface area (Å²) in [5.74, 6) is 0.773. The van der Waals surface area contributed by atoms with Crippen LogP contribution in [0, 0.1) is 16.0 Å². The zero-order valence-electron chi connectivity index (χ0n) is 12.2. The molecule has 0 unspecified atom stereocenters. The number of nitro groups is 1. The van der Waals surface area contributed by atoms with Crippen LogP contribution < -0.4 is 10.1 Å². The average molecular weight is 282 g/mol. The molecule has 1 N–H and O–H groups in total. The predicted octanol–water partition coefficient (Wildman–Crippen LogP) is 2.71. The number of nitrogens with zero attached hydrogens (tertiary/aromatic N) is 1. The van der Waals surface area contributed by atoms with Crippen molar-refractivity contribution in [2.24, 2.45) is 5.92 Å². The molecule has 6 heteroatoms. The fourth-order valence-electron chi connectivity index (χ4n) is 1.63. The van der Waals surface area contributed by atoms with Crippen LogP contribution in [-0.2, 0) is 11.3 Å². The molecule has 0 heterocycles. The molecule has 6 nitrogen and oxygen atoms in total. The van der Waals surface area contributed by atoms with E-state index in [-0.39, 0.29) is 18.2 Å². The Hall–Kier alpha value is -1.66. The van der Waals surface area contributed by atoms with Crippen molar-refractivity contribution < 1.29 is 14.4 Å². The molecule has 1 aromatic rings. The normalized spacial score (nSPS) is 10.8. The third-order valence-electron chi connectivity index (χ3n) is 2.60. The second kappa shape index (κ2) is 8.50. The first-order valence-electron chi connectivity index (χ1n) is 6.73. The van der Waals surface area contributed by atoms with E-state index in [1.165, 1.54) is 6.07 Å². The molecule has 0 saturated heterocycles. The average Bonchev–Trinajstić information content (AvgIpc) is 2.39. The van der Waals surface area contributed by atoms with E-state index in [1.807, 2.05) is 13.0 Å². The second-order valence-electron chi connectivity index (χ2n) is 4.84. The Morgan fingerprint density at radius 1 is 1.40 bits per heavy atom. The lowest BCUT2D eigenvalue weighted by atomic mass is 10.1. The summed E-state index contributed by atoms with van der Waals surface area (Å²) in [5.41, 5.74) is 0.828. The zero-order valence-corrected chi connectivity index (χ0v) is 12.2. The molecule has 0 aliphatic carbocycles. The lowest BCUT2D eigenvalue weighted by Gasteiger charge is -2.10. The van der Waals surface area contributed by atoms with Crippen molar-refractivity contribution in [3.05, 3.63) is 33.9 Å². The molecule has 0 fully saturated rings. The Morgan fingerprint density at radius 3 is 2.75 bits per heavy atom. The fraction of sp³-hybridized carbons (Fsp3) is 0.571. The van der Waals surface area contributed by atoms with Crippen molar-refractivity contribution >= 4 is 5.69 Å². The summed E-state index contributed by atoms with van der Waals surface area (Å²) in [6.45, 7) is 8.05. The molecular weight excluding hydrogens is 260 g/mol. The molecule has 0 bridgehead atoms. The predicted molar refractivity (Wildman–Crippen MR) is 76.8 cm³/mol. The third kappa shape index (κ3) is 5.54. The summed E-state index contributed by atoms with van der Waals surface area (Å²) >= 11 is 0. The minimum absolute atomic E-state index is 0.0162. The van der Waals surface area contributed by atoms with Crippen LogP contribution in [0.4, 0.5) is 5.69 Å². The minimum atomic E-state index is -0.437. The van der Waals surface area contributed by atoms with Crippen molar-refractivity contribution in [1.82, 2.24) is 5.32 Å². The highest BCUT2D eigenvalue weighted by Gasteiger charge is 2.16. The van der Waals surface area contributed by atoms with Crippen LogP contribution >= 0.6 is 0 Å². The number of hydrogen-bond donors (Lipinski definition) is 1. The van der Waals surface area contributed by atoms with Gasteiger partial charge < -0.3 is 14.8 Å². The molecule has 1 rings (SSSR count). The van der Waals surface area contributed by atoms with Crippen molar-refractivity contribution in [2.75, 3.05) is 19.9 Å². The van der Waals surface area contributed by atoms with Crippen LogP contribution in [0.25, 0.3) is 0 Å². The van der Waals surface area contributed by atoms with Gasteiger partial charge in [-0.3, -0.25) is 10.1 Å². The molecule has 0 saturated carbocycles. The minimum Gasteiger partial charge on any atom is -0.460 e. The first kappa shape index (κ1) is 16.4. The Kier molecular flexibility index (Phi) is 6.97. The number of rotatable bonds is 9. The largest absolute Gasteiger partial charge is 0.460 e. The quantitative estimate of drug-likeness (QED) is 0.326. The van der Waals surface area contributed by atoms with Crippen LogP contribution in [0.2, 0.25) is 0 Å². The molecule has 20 heavy (non-hydrogen) atoms. The second-order valence-corrected chi connectivity index (χ2v) is 4.84. The van der Waals surface area contributed by atoms with Crippen LogP contribution in [-0.4, -0.2) is 24.9 Å². The van der Waals surface area contributed by atoms with Gasteiger partial charge in [-0.25, -0.2) is 0 Å². The molecule has 0 aromatic heterocycles. The standard InChI is InChI=1S/C14H22N2O4/c1-4-19-10-20-14-6-5-12(7-13(14)16(17)18)9-15-8-11(2)3/h5-7,11,15H,4,8-10H2,1-3H3. The zero-order chi connectivity index (χ0) is 15.0. The summed E-state index contributed by atoms with van der Waals surface area (Å²) in [6.07, 6.45) is 0. The number of nitro benzene ring substituents is 1. The summed E-state index contributed by atoms with van der Waals surface area (Å²) in [6, 6.07) is 4.97. The summed E-state index contributed by atoms with van der Waals surface area (Å²) < 4.78 is 10.3. The first-order valence-corrected chi connectivity index (χ1v) is 6.73. The van der Waals surface area contributed by atoms with E-state index < -0.39 is 4.92 Å². The van der Waals surface area contributed by atoms with E-state index in [4.69, 9.17) is 9.47 Å². The molecule has 0 amide bonds. The van der Waals surface area contributed by atoms with Crippen molar-refractivity contribution in [3.8, 4) is 5.75 Å². The van der Waals surface area contributed by atoms with Crippen LogP contribution in [0.15, 0.2) is 18.2 Å². The smallest absolute Gasteiger partial charge is 0.311 e. The van der Waals surface area contributed by atoms with Crippen LogP contribution in [0.3, 0.4) is 0 Å². The van der Waals surface area contributed by atoms with Gasteiger partial charge in [0.2, 0.25) is 0 Å². The molecule has 0 spiro atoms. The summed E-state index contributed by atoms with van der Waals surface area (Å²) in [5, 5.41) is 14.3. The lowest BCUT2D eigenvalue weighted by molar-refractivity contribution is -0.386. The molecule has 112 valence electrons. The SMILES string of the molecule is CCOCOc1ccc(CNCC(C)C)cc1[N+](=O)[O-]. The van der Waals surface area contributed by atoms with Gasteiger partial charge in [-0.2, -0.15) is 0 Å². The van der Waals surface area contributed by atoms with Gasteiger partial charge in [0, 0.05) is 19.2 Å². The van der Waals surface area contributed by atoms with Gasteiger partial charge in [0.1, 0.15) is 0 Å². The highest BCUT2D eigenvalue weighted by Crippen LogP contribution is 2.28. The maximum absolute atomic E-state index is 11.1. The maximum Gasteiger partial charge on any atom is 0.311 e. The highest BCUT2D eigenvalue weighted by molar-refractivity contribution is 5.48. The van der Waals surface area contributed by atoms with Gasteiger partial charge in [-0.05, 0) is 31.0 Å². The Bertz CT molecular complexity index is 435. The van der Waals surface area contributed by atoms with E-state index in [1.54, 1.807) is 6.07 Å². The van der Waals surface area contributed by atoms with E-state index in [0.717, 1.165) is 12.1 Å². The molecule has 0 atom stereocenters. The van der Waals surface area contributed by atoms with Crippen molar-refractivity contribution in [2.45, 2.75) is 27.3 Å². The van der Waals surface area contributed by atoms with Gasteiger partial charge >= 0.3 is 5.69 Å². The van der Waals surface area contributed by atoms with Gasteiger partial charge in [-0.1, -0.05) is 19.9 Å². The van der Waals surface area contributed by atoms with Crippen LogP contribution in [0.1, 0.15) is 26.3 Å². The monoisotopic (exact) mass is 282 g/mol. The Balaban J connectivity index is 2.71. The topological polar surface area (TPSA) is 73.6 Å². The number of ether oxygens (including phenoxy) is 2. The molecular formula is C14H22N2O4. The van der Waals surface area contributed by atoms with Gasteiger partial charge in [-0.15, -0.1) is 0 Å².